The Bertz CT molecular complexity index is 1350. The molecule has 5 rings (SSSR count). The number of halogens is 1. The molecule has 35 heavy (non-hydrogen) atoms. The van der Waals surface area contributed by atoms with Crippen molar-refractivity contribution >= 4 is 40.0 Å². The van der Waals surface area contributed by atoms with E-state index in [2.05, 4.69) is 20.6 Å². The number of benzene rings is 1. The average Bonchev–Trinajstić information content (AvgIpc) is 3.31. The van der Waals surface area contributed by atoms with Crippen molar-refractivity contribution in [1.82, 2.24) is 14.9 Å². The number of amides is 2. The maximum absolute atomic E-state index is 15.3. The molecule has 11 heteroatoms. The fraction of sp³-hybridized carbons (Fsp3) is 0.333. The van der Waals surface area contributed by atoms with Crippen LogP contribution in [-0.4, -0.2) is 59.2 Å². The molecule has 10 nitrogen and oxygen atoms in total. The quantitative estimate of drug-likeness (QED) is 0.487. The summed E-state index contributed by atoms with van der Waals surface area (Å²) in [5.74, 6) is 0.0871. The van der Waals surface area contributed by atoms with E-state index in [0.717, 1.165) is 11.3 Å². The Morgan fingerprint density at radius 2 is 2.11 bits per heavy atom. The van der Waals surface area contributed by atoms with Gasteiger partial charge in [0.05, 0.1) is 12.2 Å². The van der Waals surface area contributed by atoms with Gasteiger partial charge in [0.15, 0.2) is 5.82 Å². The molecule has 0 bridgehead atoms. The zero-order chi connectivity index (χ0) is 24.7. The van der Waals surface area contributed by atoms with Crippen molar-refractivity contribution in [2.24, 2.45) is 0 Å². The fourth-order valence-corrected chi connectivity index (χ4v) is 4.45. The van der Waals surface area contributed by atoms with Gasteiger partial charge >= 0.3 is 6.09 Å². The first-order chi connectivity index (χ1) is 16.8. The van der Waals surface area contributed by atoms with Crippen LogP contribution in [0.25, 0.3) is 21.9 Å². The van der Waals surface area contributed by atoms with Crippen LogP contribution in [0.5, 0.6) is 5.88 Å². The van der Waals surface area contributed by atoms with Gasteiger partial charge < -0.3 is 25.4 Å². The second-order valence-corrected chi connectivity index (χ2v) is 8.60. The standard InChI is InChI=1S/C24H25FN6O4/c1-12-17(9-29-23-22(12)27-4-6-34-23)16-7-14-8-19(28-10-18(14)21(26)20(16)25)30-24(33)35-15-3-5-31(11-15)13(2)32/h7-10,15,27H,3-6,11,26H2,1-2H3,(H,28,30,33)/t15-/m1/s1. The van der Waals surface area contributed by atoms with Gasteiger partial charge in [0.1, 0.15) is 24.2 Å². The maximum atomic E-state index is 15.3. The Morgan fingerprint density at radius 3 is 2.89 bits per heavy atom. The first-order valence-corrected chi connectivity index (χ1v) is 11.3. The van der Waals surface area contributed by atoms with Crippen LogP contribution >= 0.6 is 0 Å². The number of carbonyl (C=O) groups is 2. The molecule has 1 aromatic carbocycles. The van der Waals surface area contributed by atoms with Crippen LogP contribution in [0.3, 0.4) is 0 Å². The smallest absolute Gasteiger partial charge is 0.413 e. The molecule has 2 aliphatic rings. The number of carbonyl (C=O) groups excluding carboxylic acids is 2. The van der Waals surface area contributed by atoms with Crippen LogP contribution in [-0.2, 0) is 9.53 Å². The summed E-state index contributed by atoms with van der Waals surface area (Å²) in [6, 6.07) is 3.26. The second kappa shape index (κ2) is 8.90. The van der Waals surface area contributed by atoms with E-state index in [0.29, 0.717) is 54.9 Å². The lowest BCUT2D eigenvalue weighted by molar-refractivity contribution is -0.128. The molecule has 0 unspecified atom stereocenters. The van der Waals surface area contributed by atoms with Gasteiger partial charge in [-0.05, 0) is 30.0 Å². The predicted octanol–water partition coefficient (Wildman–Crippen LogP) is 3.30. The first kappa shape index (κ1) is 22.6. The molecule has 4 N–H and O–H groups in total. The molecule has 2 aromatic heterocycles. The summed E-state index contributed by atoms with van der Waals surface area (Å²) in [4.78, 5) is 34.0. The lowest BCUT2D eigenvalue weighted by Crippen LogP contribution is -2.29. The van der Waals surface area contributed by atoms with E-state index >= 15 is 4.39 Å². The number of nitrogens with one attached hydrogen (secondary N) is 2. The third kappa shape index (κ3) is 4.25. The number of hydrogen-bond acceptors (Lipinski definition) is 8. The molecule has 182 valence electrons. The van der Waals surface area contributed by atoms with Crippen LogP contribution in [0.15, 0.2) is 24.5 Å². The van der Waals surface area contributed by atoms with E-state index in [1.54, 1.807) is 23.2 Å². The minimum Gasteiger partial charge on any atom is -0.474 e. The number of nitrogens with zero attached hydrogens (tertiary/aromatic N) is 3. The molecule has 1 fully saturated rings. The molecule has 3 aromatic rings. The van der Waals surface area contributed by atoms with Crippen molar-refractivity contribution in [2.75, 3.05) is 42.6 Å². The van der Waals surface area contributed by atoms with Crippen molar-refractivity contribution in [3.8, 4) is 17.0 Å². The Labute approximate surface area is 200 Å². The minimum atomic E-state index is -0.677. The molecule has 2 amide bonds. The summed E-state index contributed by atoms with van der Waals surface area (Å²) < 4.78 is 26.3. The van der Waals surface area contributed by atoms with Crippen molar-refractivity contribution in [3.63, 3.8) is 0 Å². The largest absolute Gasteiger partial charge is 0.474 e. The first-order valence-electron chi connectivity index (χ1n) is 11.3. The highest BCUT2D eigenvalue weighted by Gasteiger charge is 2.27. The topological polar surface area (TPSA) is 132 Å². The number of ether oxygens (including phenoxy) is 2. The van der Waals surface area contributed by atoms with Gasteiger partial charge in [0.25, 0.3) is 0 Å². The number of likely N-dealkylation sites (tertiary alicyclic amines) is 1. The molecular weight excluding hydrogens is 455 g/mol. The van der Waals surface area contributed by atoms with Crippen molar-refractivity contribution in [1.29, 1.82) is 0 Å². The van der Waals surface area contributed by atoms with Crippen molar-refractivity contribution in [3.05, 3.63) is 35.9 Å². The van der Waals surface area contributed by atoms with Gasteiger partial charge in [0, 0.05) is 55.3 Å². The molecule has 4 heterocycles. The summed E-state index contributed by atoms with van der Waals surface area (Å²) in [5, 5.41) is 6.86. The fourth-order valence-electron chi connectivity index (χ4n) is 4.45. The summed E-state index contributed by atoms with van der Waals surface area (Å²) in [5.41, 5.74) is 8.45. The van der Waals surface area contributed by atoms with Crippen LogP contribution in [0.4, 0.5) is 26.4 Å². The van der Waals surface area contributed by atoms with E-state index in [9.17, 15) is 9.59 Å². The number of nitrogen functional groups attached to an aromatic ring is 1. The lowest BCUT2D eigenvalue weighted by Gasteiger charge is -2.22. The lowest BCUT2D eigenvalue weighted by atomic mass is 9.97. The number of aromatic nitrogens is 2. The maximum Gasteiger partial charge on any atom is 0.413 e. The molecule has 0 spiro atoms. The van der Waals surface area contributed by atoms with Gasteiger partial charge in [-0.3, -0.25) is 10.1 Å². The zero-order valence-electron chi connectivity index (χ0n) is 19.4. The minimum absolute atomic E-state index is 0.0456. The number of nitrogens with two attached hydrogens (primary N) is 1. The highest BCUT2D eigenvalue weighted by molar-refractivity contribution is 5.99. The Morgan fingerprint density at radius 1 is 1.29 bits per heavy atom. The van der Waals surface area contributed by atoms with E-state index in [4.69, 9.17) is 15.2 Å². The number of anilines is 3. The normalized spacial score (nSPS) is 16.9. The summed E-state index contributed by atoms with van der Waals surface area (Å²) in [7, 11) is 0. The van der Waals surface area contributed by atoms with E-state index < -0.39 is 11.9 Å². The van der Waals surface area contributed by atoms with E-state index in [-0.39, 0.29) is 29.1 Å². The molecule has 1 atom stereocenters. The molecule has 0 aliphatic carbocycles. The molecule has 1 saturated heterocycles. The van der Waals surface area contributed by atoms with Gasteiger partial charge in [-0.2, -0.15) is 0 Å². The molecule has 0 radical (unpaired) electrons. The second-order valence-electron chi connectivity index (χ2n) is 8.60. The number of pyridine rings is 2. The Balaban J connectivity index is 1.42. The number of rotatable bonds is 3. The molecule has 0 saturated carbocycles. The third-order valence-electron chi connectivity index (χ3n) is 6.33. The van der Waals surface area contributed by atoms with E-state index in [1.165, 1.54) is 13.1 Å². The Kier molecular flexibility index (Phi) is 5.75. The van der Waals surface area contributed by atoms with Gasteiger partial charge in [0.2, 0.25) is 11.8 Å². The van der Waals surface area contributed by atoms with Crippen LogP contribution in [0.1, 0.15) is 18.9 Å². The number of hydrogen-bond donors (Lipinski definition) is 3. The van der Waals surface area contributed by atoms with E-state index in [1.807, 2.05) is 6.92 Å². The highest BCUT2D eigenvalue weighted by Crippen LogP contribution is 2.39. The molecular formula is C24H25FN6O4. The van der Waals surface area contributed by atoms with Gasteiger partial charge in [-0.1, -0.05) is 0 Å². The van der Waals surface area contributed by atoms with Crippen LogP contribution in [0, 0.1) is 12.7 Å². The Hall–Kier alpha value is -4.15. The average molecular weight is 481 g/mol. The molecule has 2 aliphatic heterocycles. The third-order valence-corrected chi connectivity index (χ3v) is 6.33. The number of fused-ring (bicyclic) bond motifs is 2. The summed E-state index contributed by atoms with van der Waals surface area (Å²) in [6.07, 6.45) is 2.49. The van der Waals surface area contributed by atoms with Crippen LogP contribution in [0.2, 0.25) is 0 Å². The van der Waals surface area contributed by atoms with Crippen LogP contribution < -0.4 is 21.1 Å². The monoisotopic (exact) mass is 480 g/mol. The zero-order valence-corrected chi connectivity index (χ0v) is 19.4. The van der Waals surface area contributed by atoms with Crippen molar-refractivity contribution in [2.45, 2.75) is 26.4 Å². The van der Waals surface area contributed by atoms with Gasteiger partial charge in [-0.25, -0.2) is 19.2 Å². The van der Waals surface area contributed by atoms with Gasteiger partial charge in [-0.15, -0.1) is 0 Å². The highest BCUT2D eigenvalue weighted by atomic mass is 19.1. The SMILES string of the molecule is CC(=O)N1CC[C@@H](OC(=O)Nc2cc3cc(-c4cnc5c(c4C)NCCO5)c(F)c(N)c3cn2)C1. The predicted molar refractivity (Wildman–Crippen MR) is 129 cm³/mol. The summed E-state index contributed by atoms with van der Waals surface area (Å²) in [6.45, 7) is 5.40. The summed E-state index contributed by atoms with van der Waals surface area (Å²) >= 11 is 0. The van der Waals surface area contributed by atoms with Crippen molar-refractivity contribution < 1.29 is 23.5 Å².